The highest BCUT2D eigenvalue weighted by Crippen LogP contribution is 2.38. The Morgan fingerprint density at radius 3 is 2.04 bits per heavy atom. The smallest absolute Gasteiger partial charge is 0.281 e. The molecule has 0 unspecified atom stereocenters. The molecule has 8 nitrogen and oxygen atoms in total. The summed E-state index contributed by atoms with van der Waals surface area (Å²) in [7, 11) is 5.81. The van der Waals surface area contributed by atoms with Gasteiger partial charge in [0.15, 0.2) is 23.0 Å². The van der Waals surface area contributed by atoms with E-state index in [0.29, 0.717) is 17.1 Å². The Morgan fingerprint density at radius 1 is 0.963 bits per heavy atom. The molecular formula is C19H18N2O6. The van der Waals surface area contributed by atoms with Gasteiger partial charge in [0.1, 0.15) is 6.07 Å². The van der Waals surface area contributed by atoms with Gasteiger partial charge in [0.05, 0.1) is 50.6 Å². The maximum Gasteiger partial charge on any atom is 0.281 e. The zero-order valence-electron chi connectivity index (χ0n) is 15.3. The molecule has 8 heteroatoms. The van der Waals surface area contributed by atoms with Crippen molar-refractivity contribution in [3.63, 3.8) is 0 Å². The molecule has 0 atom stereocenters. The van der Waals surface area contributed by atoms with Gasteiger partial charge in [-0.3, -0.25) is 10.1 Å². The maximum atomic E-state index is 11.5. The lowest BCUT2D eigenvalue weighted by atomic mass is 10.0. The van der Waals surface area contributed by atoms with Gasteiger partial charge in [0.25, 0.3) is 5.69 Å². The predicted octanol–water partition coefficient (Wildman–Crippen LogP) is 3.69. The lowest BCUT2D eigenvalue weighted by Gasteiger charge is -2.11. The molecule has 0 saturated heterocycles. The van der Waals surface area contributed by atoms with Crippen molar-refractivity contribution in [3.05, 3.63) is 51.6 Å². The summed E-state index contributed by atoms with van der Waals surface area (Å²) in [6.45, 7) is 0. The van der Waals surface area contributed by atoms with Gasteiger partial charge >= 0.3 is 0 Å². The Kier molecular flexibility index (Phi) is 6.23. The van der Waals surface area contributed by atoms with Crippen LogP contribution in [0.15, 0.2) is 30.3 Å². The molecule has 0 heterocycles. The lowest BCUT2D eigenvalue weighted by Crippen LogP contribution is -1.99. The van der Waals surface area contributed by atoms with Crippen molar-refractivity contribution in [2.75, 3.05) is 28.4 Å². The average Bonchev–Trinajstić information content (AvgIpc) is 2.70. The summed E-state index contributed by atoms with van der Waals surface area (Å²) in [5, 5.41) is 21.1. The molecule has 0 aromatic heterocycles. The Morgan fingerprint density at radius 2 is 1.52 bits per heavy atom. The summed E-state index contributed by atoms with van der Waals surface area (Å²) in [6.07, 6.45) is 1.52. The third-order valence-electron chi connectivity index (χ3n) is 3.83. The van der Waals surface area contributed by atoms with Crippen molar-refractivity contribution in [3.8, 4) is 29.1 Å². The number of methoxy groups -OCH3 is 4. The van der Waals surface area contributed by atoms with Crippen LogP contribution in [0.5, 0.6) is 23.0 Å². The molecule has 140 valence electrons. The van der Waals surface area contributed by atoms with Gasteiger partial charge in [0, 0.05) is 0 Å². The second-order valence-corrected chi connectivity index (χ2v) is 5.27. The minimum absolute atomic E-state index is 0.0925. The van der Waals surface area contributed by atoms with Gasteiger partial charge in [-0.15, -0.1) is 0 Å². The number of allylic oxidation sites excluding steroid dienone is 1. The number of nitro groups is 1. The topological polar surface area (TPSA) is 104 Å². The Labute approximate surface area is 156 Å². The van der Waals surface area contributed by atoms with E-state index >= 15 is 0 Å². The highest BCUT2D eigenvalue weighted by Gasteiger charge is 2.22. The SMILES string of the molecule is COc1ccc(C=C(C#N)c2cc(OC)c(OC)cc2[N+](=O)[O-])cc1OC. The van der Waals surface area contributed by atoms with Crippen LogP contribution in [0.1, 0.15) is 11.1 Å². The predicted molar refractivity (Wildman–Crippen MR) is 99.2 cm³/mol. The molecule has 2 aromatic carbocycles. The second-order valence-electron chi connectivity index (χ2n) is 5.27. The van der Waals surface area contributed by atoms with Crippen LogP contribution in [0.4, 0.5) is 5.69 Å². The van der Waals surface area contributed by atoms with Crippen LogP contribution >= 0.6 is 0 Å². The summed E-state index contributed by atoms with van der Waals surface area (Å²) in [5.41, 5.74) is 0.569. The molecule has 0 bridgehead atoms. The first-order valence-corrected chi connectivity index (χ1v) is 7.73. The first kappa shape index (κ1) is 19.6. The van der Waals surface area contributed by atoms with Crippen LogP contribution in [0.25, 0.3) is 11.6 Å². The van der Waals surface area contributed by atoms with Gasteiger partial charge in [-0.2, -0.15) is 5.26 Å². The molecule has 0 aliphatic rings. The van der Waals surface area contributed by atoms with Crippen LogP contribution in [0.2, 0.25) is 0 Å². The quantitative estimate of drug-likeness (QED) is 0.317. The van der Waals surface area contributed by atoms with E-state index in [-0.39, 0.29) is 28.3 Å². The first-order valence-electron chi connectivity index (χ1n) is 7.73. The van der Waals surface area contributed by atoms with Crippen LogP contribution < -0.4 is 18.9 Å². The maximum absolute atomic E-state index is 11.5. The molecule has 0 amide bonds. The number of rotatable bonds is 7. The number of benzene rings is 2. The van der Waals surface area contributed by atoms with Gasteiger partial charge in [-0.25, -0.2) is 0 Å². The van der Waals surface area contributed by atoms with Crippen molar-refractivity contribution in [1.29, 1.82) is 5.26 Å². The van der Waals surface area contributed by atoms with E-state index in [1.54, 1.807) is 18.2 Å². The summed E-state index contributed by atoms with van der Waals surface area (Å²) in [4.78, 5) is 10.9. The normalized spacial score (nSPS) is 10.7. The molecule has 0 aliphatic heterocycles. The molecule has 0 aliphatic carbocycles. The average molecular weight is 370 g/mol. The largest absolute Gasteiger partial charge is 0.493 e. The molecule has 0 spiro atoms. The first-order chi connectivity index (χ1) is 13.0. The van der Waals surface area contributed by atoms with Crippen molar-refractivity contribution < 1.29 is 23.9 Å². The number of ether oxygens (including phenoxy) is 4. The van der Waals surface area contributed by atoms with E-state index in [2.05, 4.69) is 0 Å². The fourth-order valence-corrected chi connectivity index (χ4v) is 2.51. The van der Waals surface area contributed by atoms with Gasteiger partial charge in [-0.05, 0) is 29.8 Å². The lowest BCUT2D eigenvalue weighted by molar-refractivity contribution is -0.385. The molecule has 27 heavy (non-hydrogen) atoms. The third-order valence-corrected chi connectivity index (χ3v) is 3.83. The van der Waals surface area contributed by atoms with Gasteiger partial charge < -0.3 is 18.9 Å². The fourth-order valence-electron chi connectivity index (χ4n) is 2.51. The number of hydrogen-bond acceptors (Lipinski definition) is 7. The van der Waals surface area contributed by atoms with Crippen molar-refractivity contribution in [2.45, 2.75) is 0 Å². The van der Waals surface area contributed by atoms with Crippen LogP contribution in [0, 0.1) is 21.4 Å². The minimum Gasteiger partial charge on any atom is -0.493 e. The zero-order valence-corrected chi connectivity index (χ0v) is 15.3. The molecule has 0 N–H and O–H groups in total. The minimum atomic E-state index is -0.572. The Bertz CT molecular complexity index is 931. The fraction of sp³-hybridized carbons (Fsp3) is 0.211. The molecule has 0 fully saturated rings. The van der Waals surface area contributed by atoms with Gasteiger partial charge in [0.2, 0.25) is 0 Å². The highest BCUT2D eigenvalue weighted by molar-refractivity contribution is 5.93. The number of hydrogen-bond donors (Lipinski definition) is 0. The summed E-state index contributed by atoms with van der Waals surface area (Å²) >= 11 is 0. The van der Waals surface area contributed by atoms with Crippen molar-refractivity contribution in [1.82, 2.24) is 0 Å². The Hall–Kier alpha value is -3.73. The van der Waals surface area contributed by atoms with Gasteiger partial charge in [-0.1, -0.05) is 6.07 Å². The number of nitrogens with zero attached hydrogens (tertiary/aromatic N) is 2. The molecule has 2 aromatic rings. The van der Waals surface area contributed by atoms with E-state index in [0.717, 1.165) is 0 Å². The molecule has 0 saturated carbocycles. The van der Waals surface area contributed by atoms with E-state index in [4.69, 9.17) is 18.9 Å². The van der Waals surface area contributed by atoms with Crippen LogP contribution in [0.3, 0.4) is 0 Å². The van der Waals surface area contributed by atoms with Crippen molar-refractivity contribution >= 4 is 17.3 Å². The summed E-state index contributed by atoms with van der Waals surface area (Å²) in [6, 6.07) is 9.71. The summed E-state index contributed by atoms with van der Waals surface area (Å²) < 4.78 is 20.7. The standard InChI is InChI=1S/C19H18N2O6/c1-24-16-6-5-12(8-17(16)25-2)7-13(11-20)14-9-18(26-3)19(27-4)10-15(14)21(22)23/h5-10H,1-4H3. The van der Waals surface area contributed by atoms with Crippen molar-refractivity contribution in [2.24, 2.45) is 0 Å². The third kappa shape index (κ3) is 4.10. The molecule has 2 rings (SSSR count). The second kappa shape index (κ2) is 8.58. The number of nitriles is 1. The zero-order chi connectivity index (χ0) is 20.0. The van der Waals surface area contributed by atoms with E-state index in [1.807, 2.05) is 6.07 Å². The Balaban J connectivity index is 2.65. The highest BCUT2D eigenvalue weighted by atomic mass is 16.6. The van der Waals surface area contributed by atoms with E-state index in [1.165, 1.54) is 46.6 Å². The molecular weight excluding hydrogens is 352 g/mol. The summed E-state index contributed by atoms with van der Waals surface area (Å²) in [5.74, 6) is 1.50. The number of nitro benzene ring substituents is 1. The monoisotopic (exact) mass is 370 g/mol. The van der Waals surface area contributed by atoms with E-state index in [9.17, 15) is 15.4 Å². The van der Waals surface area contributed by atoms with E-state index < -0.39 is 4.92 Å². The molecule has 0 radical (unpaired) electrons. The van der Waals surface area contributed by atoms with Crippen LogP contribution in [-0.4, -0.2) is 33.4 Å². The van der Waals surface area contributed by atoms with Crippen LogP contribution in [-0.2, 0) is 0 Å².